The Morgan fingerprint density at radius 1 is 1.44 bits per heavy atom. The zero-order valence-corrected chi connectivity index (χ0v) is 10.4. The minimum Gasteiger partial charge on any atom is -0.504 e. The topological polar surface area (TPSA) is 63.6 Å². The summed E-state index contributed by atoms with van der Waals surface area (Å²) in [5.74, 6) is 0.111. The summed E-state index contributed by atoms with van der Waals surface area (Å²) in [6.07, 6.45) is 1.88. The van der Waals surface area contributed by atoms with Gasteiger partial charge in [0.25, 0.3) is 0 Å². The zero-order valence-electron chi connectivity index (χ0n) is 9.60. The van der Waals surface area contributed by atoms with Crippen LogP contribution in [-0.4, -0.2) is 19.8 Å². The van der Waals surface area contributed by atoms with Gasteiger partial charge in [-0.3, -0.25) is 0 Å². The lowest BCUT2D eigenvalue weighted by Gasteiger charge is -2.11. The third-order valence-corrected chi connectivity index (χ3v) is 2.89. The second-order valence-electron chi connectivity index (χ2n) is 3.82. The summed E-state index contributed by atoms with van der Waals surface area (Å²) >= 11 is 0. The van der Waals surface area contributed by atoms with Gasteiger partial charge in [0.05, 0.1) is 6.26 Å². The van der Waals surface area contributed by atoms with Crippen molar-refractivity contribution >= 4 is 10.1 Å². The van der Waals surface area contributed by atoms with Crippen LogP contribution in [0.1, 0.15) is 31.7 Å². The summed E-state index contributed by atoms with van der Waals surface area (Å²) in [6, 6.07) is 4.77. The molecule has 0 bridgehead atoms. The molecule has 1 rings (SSSR count). The molecule has 0 fully saturated rings. The highest BCUT2D eigenvalue weighted by Gasteiger charge is 2.12. The summed E-state index contributed by atoms with van der Waals surface area (Å²) in [6.45, 7) is 4.06. The lowest BCUT2D eigenvalue weighted by molar-refractivity contribution is 0.429. The Morgan fingerprint density at radius 3 is 2.56 bits per heavy atom. The molecule has 0 heterocycles. The quantitative estimate of drug-likeness (QED) is 0.825. The average Bonchev–Trinajstić information content (AvgIpc) is 2.18. The first-order valence-corrected chi connectivity index (χ1v) is 6.87. The molecule has 1 unspecified atom stereocenters. The smallest absolute Gasteiger partial charge is 0.306 e. The lowest BCUT2D eigenvalue weighted by Crippen LogP contribution is -2.06. The maximum absolute atomic E-state index is 11.0. The molecular formula is C11H16O4S. The Morgan fingerprint density at radius 2 is 2.06 bits per heavy atom. The van der Waals surface area contributed by atoms with E-state index in [4.69, 9.17) is 4.18 Å². The third kappa shape index (κ3) is 3.41. The van der Waals surface area contributed by atoms with Crippen LogP contribution in [0.4, 0.5) is 0 Å². The van der Waals surface area contributed by atoms with Crippen LogP contribution in [0.25, 0.3) is 0 Å². The first-order chi connectivity index (χ1) is 7.33. The molecule has 0 saturated carbocycles. The van der Waals surface area contributed by atoms with E-state index in [1.807, 2.05) is 13.8 Å². The highest BCUT2D eigenvalue weighted by Crippen LogP contribution is 2.31. The predicted molar refractivity (Wildman–Crippen MR) is 62.3 cm³/mol. The standard InChI is InChI=1S/C11H16O4S/c1-4-8(2)9-5-6-10(12)11(7-9)15-16(3,13)14/h5-8,12H,4H2,1-3H3. The molecule has 1 atom stereocenters. The lowest BCUT2D eigenvalue weighted by atomic mass is 9.98. The van der Waals surface area contributed by atoms with E-state index in [0.29, 0.717) is 5.92 Å². The molecule has 16 heavy (non-hydrogen) atoms. The number of hydrogen-bond acceptors (Lipinski definition) is 4. The van der Waals surface area contributed by atoms with Crippen LogP contribution in [0, 0.1) is 0 Å². The molecular weight excluding hydrogens is 228 g/mol. The van der Waals surface area contributed by atoms with Crippen LogP contribution in [0.15, 0.2) is 18.2 Å². The molecule has 90 valence electrons. The molecule has 1 N–H and O–H groups in total. The second-order valence-corrected chi connectivity index (χ2v) is 5.40. The van der Waals surface area contributed by atoms with Crippen molar-refractivity contribution in [3.05, 3.63) is 23.8 Å². The summed E-state index contributed by atoms with van der Waals surface area (Å²) in [4.78, 5) is 0. The maximum atomic E-state index is 11.0. The van der Waals surface area contributed by atoms with Gasteiger partial charge >= 0.3 is 10.1 Å². The largest absolute Gasteiger partial charge is 0.504 e. The Kier molecular flexibility index (Phi) is 3.80. The highest BCUT2D eigenvalue weighted by atomic mass is 32.2. The molecule has 4 nitrogen and oxygen atoms in total. The normalized spacial score (nSPS) is 13.4. The van der Waals surface area contributed by atoms with Gasteiger partial charge in [-0.05, 0) is 30.0 Å². The molecule has 0 radical (unpaired) electrons. The van der Waals surface area contributed by atoms with E-state index in [9.17, 15) is 13.5 Å². The molecule has 0 saturated heterocycles. The average molecular weight is 244 g/mol. The highest BCUT2D eigenvalue weighted by molar-refractivity contribution is 7.86. The minimum absolute atomic E-state index is 0.0136. The monoisotopic (exact) mass is 244 g/mol. The molecule has 0 aliphatic carbocycles. The molecule has 1 aromatic carbocycles. The summed E-state index contributed by atoms with van der Waals surface area (Å²) in [7, 11) is -3.61. The fourth-order valence-corrected chi connectivity index (χ4v) is 1.76. The Balaban J connectivity index is 3.09. The van der Waals surface area contributed by atoms with Gasteiger partial charge in [0, 0.05) is 0 Å². The third-order valence-electron chi connectivity index (χ3n) is 2.41. The van der Waals surface area contributed by atoms with Gasteiger partial charge in [0.1, 0.15) is 0 Å². The van der Waals surface area contributed by atoms with Crippen molar-refractivity contribution < 1.29 is 17.7 Å². The van der Waals surface area contributed by atoms with Crippen LogP contribution in [0.5, 0.6) is 11.5 Å². The van der Waals surface area contributed by atoms with Crippen molar-refractivity contribution in [3.63, 3.8) is 0 Å². The van der Waals surface area contributed by atoms with E-state index in [-0.39, 0.29) is 11.5 Å². The number of hydrogen-bond donors (Lipinski definition) is 1. The first kappa shape index (κ1) is 12.8. The number of aromatic hydroxyl groups is 1. The van der Waals surface area contributed by atoms with Crippen molar-refractivity contribution in [2.45, 2.75) is 26.2 Å². The van der Waals surface area contributed by atoms with Crippen LogP contribution >= 0.6 is 0 Å². The molecule has 0 amide bonds. The Labute approximate surface area is 96.0 Å². The second kappa shape index (κ2) is 4.74. The molecule has 0 aromatic heterocycles. The predicted octanol–water partition coefficient (Wildman–Crippen LogP) is 2.24. The molecule has 0 aliphatic rings. The van der Waals surface area contributed by atoms with Crippen molar-refractivity contribution in [1.82, 2.24) is 0 Å². The van der Waals surface area contributed by atoms with Gasteiger partial charge in [0.2, 0.25) is 0 Å². The van der Waals surface area contributed by atoms with Crippen LogP contribution in [0.2, 0.25) is 0 Å². The first-order valence-electron chi connectivity index (χ1n) is 5.06. The fourth-order valence-electron chi connectivity index (χ4n) is 1.30. The van der Waals surface area contributed by atoms with E-state index in [1.54, 1.807) is 12.1 Å². The van der Waals surface area contributed by atoms with Crippen molar-refractivity contribution in [2.24, 2.45) is 0 Å². The van der Waals surface area contributed by atoms with Gasteiger partial charge in [-0.25, -0.2) is 0 Å². The molecule has 5 heteroatoms. The summed E-state index contributed by atoms with van der Waals surface area (Å²) < 4.78 is 26.6. The van der Waals surface area contributed by atoms with E-state index < -0.39 is 10.1 Å². The van der Waals surface area contributed by atoms with Gasteiger partial charge in [-0.2, -0.15) is 8.42 Å². The van der Waals surface area contributed by atoms with E-state index >= 15 is 0 Å². The van der Waals surface area contributed by atoms with E-state index in [2.05, 4.69) is 0 Å². The van der Waals surface area contributed by atoms with Crippen molar-refractivity contribution in [2.75, 3.05) is 6.26 Å². The fraction of sp³-hybridized carbons (Fsp3) is 0.455. The van der Waals surface area contributed by atoms with Crippen molar-refractivity contribution in [1.29, 1.82) is 0 Å². The number of rotatable bonds is 4. The summed E-state index contributed by atoms with van der Waals surface area (Å²) in [5, 5.41) is 9.46. The van der Waals surface area contributed by atoms with Gasteiger partial charge < -0.3 is 9.29 Å². The molecule has 0 spiro atoms. The maximum Gasteiger partial charge on any atom is 0.306 e. The van der Waals surface area contributed by atoms with Crippen LogP contribution in [-0.2, 0) is 10.1 Å². The van der Waals surface area contributed by atoms with Crippen molar-refractivity contribution in [3.8, 4) is 11.5 Å². The van der Waals surface area contributed by atoms with Gasteiger partial charge in [-0.1, -0.05) is 19.9 Å². The minimum atomic E-state index is -3.61. The number of phenolic OH excluding ortho intramolecular Hbond substituents is 1. The Bertz CT molecular complexity index is 465. The summed E-state index contributed by atoms with van der Waals surface area (Å²) in [5.41, 5.74) is 0.943. The molecule has 0 aliphatic heterocycles. The number of benzene rings is 1. The number of phenols is 1. The van der Waals surface area contributed by atoms with Crippen LogP contribution in [0.3, 0.4) is 0 Å². The zero-order chi connectivity index (χ0) is 12.3. The van der Waals surface area contributed by atoms with E-state index in [1.165, 1.54) is 6.07 Å². The van der Waals surface area contributed by atoms with E-state index in [0.717, 1.165) is 18.2 Å². The van der Waals surface area contributed by atoms with Gasteiger partial charge in [-0.15, -0.1) is 0 Å². The SMILES string of the molecule is CCC(C)c1ccc(O)c(OS(C)(=O)=O)c1. The Hall–Kier alpha value is -1.23. The molecule has 1 aromatic rings. The van der Waals surface area contributed by atoms with Crippen LogP contribution < -0.4 is 4.18 Å². The van der Waals surface area contributed by atoms with Gasteiger partial charge in [0.15, 0.2) is 11.5 Å².